The van der Waals surface area contributed by atoms with E-state index in [1.807, 2.05) is 60.7 Å². The Kier molecular flexibility index (Phi) is 9.54. The molecule has 13 rings (SSSR count). The number of thiazole rings is 2. The van der Waals surface area contributed by atoms with Crippen LogP contribution in [0.4, 0.5) is 10.3 Å². The van der Waals surface area contributed by atoms with Crippen LogP contribution in [0.3, 0.4) is 0 Å². The van der Waals surface area contributed by atoms with Crippen LogP contribution in [0.15, 0.2) is 163 Å². The first kappa shape index (κ1) is 41.9. The average molecular weight is 991 g/mol. The summed E-state index contributed by atoms with van der Waals surface area (Å²) in [4.78, 5) is 105. The highest BCUT2D eigenvalue weighted by Crippen LogP contribution is 2.60. The molecule has 0 fully saturated rings. The zero-order valence-corrected chi connectivity index (χ0v) is 39.0. The van der Waals surface area contributed by atoms with Crippen LogP contribution in [0.2, 0.25) is 0 Å². The van der Waals surface area contributed by atoms with E-state index in [4.69, 9.17) is 24.2 Å². The third-order valence-corrected chi connectivity index (χ3v) is 16.8. The number of hydrogen-bond donors (Lipinski definition) is 0. The van der Waals surface area contributed by atoms with Crippen LogP contribution in [0, 0.1) is 0 Å². The van der Waals surface area contributed by atoms with Crippen LogP contribution in [0.25, 0.3) is 71.9 Å². The van der Waals surface area contributed by atoms with E-state index in [1.165, 1.54) is 11.3 Å². The van der Waals surface area contributed by atoms with Crippen molar-refractivity contribution in [1.82, 2.24) is 9.97 Å². The molecule has 13 nitrogen and oxygen atoms in total. The molecule has 0 spiro atoms. The van der Waals surface area contributed by atoms with Crippen molar-refractivity contribution in [3.8, 4) is 15.5 Å². The van der Waals surface area contributed by atoms with Crippen molar-refractivity contribution < 1.29 is 23.8 Å². The van der Waals surface area contributed by atoms with Crippen molar-refractivity contribution in [3.63, 3.8) is 0 Å². The molecule has 4 aromatic heterocycles. The quantitative estimate of drug-likeness (QED) is 0.105. The molecule has 0 saturated carbocycles. The number of hydrogen-bond acceptors (Lipinski definition) is 17. The van der Waals surface area contributed by atoms with Crippen LogP contribution >= 0.6 is 45.3 Å². The molecular formula is C53H26N4O9S4. The molecule has 1 aliphatic heterocycles. The summed E-state index contributed by atoms with van der Waals surface area (Å²) in [5.74, 6) is -2.05. The summed E-state index contributed by atoms with van der Waals surface area (Å²) in [6.45, 7) is -0.455. The van der Waals surface area contributed by atoms with Crippen molar-refractivity contribution in [3.05, 3.63) is 202 Å². The molecule has 8 aromatic carbocycles. The monoisotopic (exact) mass is 990 g/mol. The summed E-state index contributed by atoms with van der Waals surface area (Å²) in [5, 5.41) is 3.72. The van der Waals surface area contributed by atoms with Crippen molar-refractivity contribution >= 4 is 130 Å². The normalized spacial score (nSPS) is 13.0. The molecule has 336 valence electrons. The van der Waals surface area contributed by atoms with Gasteiger partial charge in [-0.1, -0.05) is 132 Å². The number of carbonyl (C=O) groups is 2. The van der Waals surface area contributed by atoms with Gasteiger partial charge < -0.3 is 14.2 Å². The second-order valence-electron chi connectivity index (χ2n) is 16.5. The largest absolute Gasteiger partial charge is 0.457 e. The fraction of sp³-hybridized carbons (Fsp3) is 0.0566. The van der Waals surface area contributed by atoms with Crippen LogP contribution in [0.1, 0.15) is 16.7 Å². The predicted octanol–water partition coefficient (Wildman–Crippen LogP) is 9.04. The Morgan fingerprint density at radius 3 is 1.33 bits per heavy atom. The SMILES string of the molecule is O=C(OCc1ccccc1)C1(C(=O)OCc2ccccc2)Oc2c(sc3nc(N=c4c(=O)c5cc6ccccc6cc5c4=O)sc23)-c2sc3nc(N=c4c(=O)c5cc6ccccc6cc5c4=O)sc3c21. The van der Waals surface area contributed by atoms with E-state index in [0.717, 1.165) is 55.6 Å². The van der Waals surface area contributed by atoms with Crippen LogP contribution in [-0.2, 0) is 37.9 Å². The van der Waals surface area contributed by atoms with E-state index in [0.29, 0.717) is 39.9 Å². The number of fused-ring (bicyclic) bond motifs is 11. The molecule has 70 heavy (non-hydrogen) atoms. The first-order chi connectivity index (χ1) is 34.1. The first-order valence-corrected chi connectivity index (χ1v) is 24.8. The topological polar surface area (TPSA) is 181 Å². The molecule has 0 radical (unpaired) electrons. The molecule has 0 bridgehead atoms. The predicted molar refractivity (Wildman–Crippen MR) is 272 cm³/mol. The summed E-state index contributed by atoms with van der Waals surface area (Å²) in [7, 11) is 0. The number of rotatable bonds is 8. The Labute approximate surface area is 407 Å². The van der Waals surface area contributed by atoms with Gasteiger partial charge in [-0.2, -0.15) is 0 Å². The van der Waals surface area contributed by atoms with Crippen LogP contribution < -0.4 is 37.2 Å². The Morgan fingerprint density at radius 1 is 0.500 bits per heavy atom. The zero-order chi connectivity index (χ0) is 47.4. The lowest BCUT2D eigenvalue weighted by molar-refractivity contribution is -0.183. The molecule has 0 saturated heterocycles. The van der Waals surface area contributed by atoms with Gasteiger partial charge in [0.1, 0.15) is 27.6 Å². The lowest BCUT2D eigenvalue weighted by Gasteiger charge is -2.33. The highest BCUT2D eigenvalue weighted by molar-refractivity contribution is 7.35. The first-order valence-electron chi connectivity index (χ1n) is 21.5. The minimum absolute atomic E-state index is 0.0388. The Balaban J connectivity index is 0.998. The van der Waals surface area contributed by atoms with Gasteiger partial charge in [-0.25, -0.2) is 29.5 Å². The van der Waals surface area contributed by atoms with Crippen molar-refractivity contribution in [2.75, 3.05) is 0 Å². The molecule has 0 amide bonds. The van der Waals surface area contributed by atoms with Crippen molar-refractivity contribution in [1.29, 1.82) is 0 Å². The maximum Gasteiger partial charge on any atom is 0.367 e. The Morgan fingerprint density at radius 2 is 0.886 bits per heavy atom. The molecule has 0 atom stereocenters. The molecule has 0 N–H and O–H groups in total. The highest BCUT2D eigenvalue weighted by Gasteiger charge is 2.60. The van der Waals surface area contributed by atoms with Gasteiger partial charge in [-0.05, 0) is 56.9 Å². The van der Waals surface area contributed by atoms with Gasteiger partial charge >= 0.3 is 17.5 Å². The lowest BCUT2D eigenvalue weighted by Crippen LogP contribution is -2.52. The van der Waals surface area contributed by atoms with E-state index in [9.17, 15) is 19.2 Å². The van der Waals surface area contributed by atoms with Crippen LogP contribution in [0.5, 0.6) is 5.75 Å². The zero-order valence-electron chi connectivity index (χ0n) is 35.7. The number of thiophene rings is 2. The van der Waals surface area contributed by atoms with E-state index in [1.54, 1.807) is 72.8 Å². The molecule has 0 aliphatic carbocycles. The molecule has 12 aromatic rings. The summed E-state index contributed by atoms with van der Waals surface area (Å²) in [6.07, 6.45) is 0. The van der Waals surface area contributed by atoms with Crippen molar-refractivity contribution in [2.45, 2.75) is 18.8 Å². The van der Waals surface area contributed by atoms with E-state index >= 15 is 9.59 Å². The standard InChI is InChI=1S/C53H26N4O9S4/c58-38-31-19-27-15-7-8-16-28(27)20-32(31)39(59)36(38)54-51-56-47-44(69-51)35-43(67-47)45-42(66-53(35,49(62)64-23-25-11-3-1-4-12-25)50(63)65-24-26-13-5-2-6-14-26)46-48(68-45)57-52(70-46)55-37-40(60)33-21-29-17-9-10-18-30(29)22-34(33)41(37)61/h1-22H,23-24H2. The third kappa shape index (κ3) is 6.46. The lowest BCUT2D eigenvalue weighted by atomic mass is 9.91. The van der Waals surface area contributed by atoms with Gasteiger partial charge in [0, 0.05) is 21.5 Å². The third-order valence-electron chi connectivity index (χ3n) is 12.3. The average Bonchev–Trinajstić information content (AvgIpc) is 4.22. The number of aromatic nitrogens is 2. The van der Waals surface area contributed by atoms with Crippen molar-refractivity contribution in [2.24, 2.45) is 9.98 Å². The Hall–Kier alpha value is -8.22. The fourth-order valence-corrected chi connectivity index (χ4v) is 13.7. The molecule has 17 heteroatoms. The molecular weight excluding hydrogens is 965 g/mol. The number of nitrogens with zero attached hydrogens (tertiary/aromatic N) is 4. The minimum Gasteiger partial charge on any atom is -0.457 e. The molecule has 1 aliphatic rings. The molecule has 5 heterocycles. The maximum atomic E-state index is 15.1. The van der Waals surface area contributed by atoms with E-state index in [2.05, 4.69) is 9.98 Å². The van der Waals surface area contributed by atoms with Gasteiger partial charge in [0.25, 0.3) is 0 Å². The number of esters is 2. The molecule has 0 unspecified atom stereocenters. The van der Waals surface area contributed by atoms with Crippen LogP contribution in [-0.4, -0.2) is 21.9 Å². The van der Waals surface area contributed by atoms with E-state index in [-0.39, 0.29) is 67.0 Å². The van der Waals surface area contributed by atoms with Gasteiger partial charge in [0.05, 0.1) is 20.0 Å². The fourth-order valence-electron chi connectivity index (χ4n) is 8.91. The summed E-state index contributed by atoms with van der Waals surface area (Å²) in [6, 6.07) is 39.5. The highest BCUT2D eigenvalue weighted by atomic mass is 32.1. The maximum absolute atomic E-state index is 15.1. The minimum atomic E-state index is -2.61. The second-order valence-corrected chi connectivity index (χ2v) is 20.4. The van der Waals surface area contributed by atoms with Gasteiger partial charge in [-0.15, -0.1) is 22.7 Å². The van der Waals surface area contributed by atoms with E-state index < -0.39 is 39.3 Å². The summed E-state index contributed by atoms with van der Waals surface area (Å²) < 4.78 is 19.6. The number of carbonyl (C=O) groups excluding carboxylic acids is 2. The summed E-state index contributed by atoms with van der Waals surface area (Å²) >= 11 is 4.36. The van der Waals surface area contributed by atoms with Gasteiger partial charge in [0.15, 0.2) is 16.5 Å². The smallest absolute Gasteiger partial charge is 0.367 e. The second kappa shape index (κ2) is 15.9. The summed E-state index contributed by atoms with van der Waals surface area (Å²) in [5.41, 5.74) is -3.37. The number of ether oxygens (including phenoxy) is 3. The Bertz CT molecular complexity index is 4360. The van der Waals surface area contributed by atoms with Gasteiger partial charge in [-0.3, -0.25) is 19.2 Å². The number of benzene rings is 6. The van der Waals surface area contributed by atoms with Gasteiger partial charge in [0.2, 0.25) is 32.0 Å².